The molecule has 2 aromatic carbocycles. The maximum Gasteiger partial charge on any atom is 0.290 e. The van der Waals surface area contributed by atoms with Gasteiger partial charge in [-0.2, -0.15) is 0 Å². The molecule has 154 valence electrons. The van der Waals surface area contributed by atoms with Gasteiger partial charge < -0.3 is 14.1 Å². The zero-order chi connectivity index (χ0) is 20.7. The number of ether oxygens (including phenoxy) is 1. The summed E-state index contributed by atoms with van der Waals surface area (Å²) in [6, 6.07) is 14.5. The number of fused-ring (bicyclic) bond motifs is 2. The minimum atomic E-state index is -0.450. The second kappa shape index (κ2) is 7.98. The molecule has 5 rings (SSSR count). The highest BCUT2D eigenvalue weighted by Crippen LogP contribution is 2.38. The maximum absolute atomic E-state index is 13.5. The molecule has 0 N–H and O–H groups in total. The number of rotatable bonds is 4. The van der Waals surface area contributed by atoms with Crippen molar-refractivity contribution in [1.29, 1.82) is 0 Å². The van der Waals surface area contributed by atoms with Crippen LogP contribution in [0, 0.1) is 0 Å². The molecule has 1 saturated heterocycles. The highest BCUT2D eigenvalue weighted by Gasteiger charge is 2.42. The average Bonchev–Trinajstić information content (AvgIpc) is 3.06. The van der Waals surface area contributed by atoms with Crippen molar-refractivity contribution in [2.75, 3.05) is 39.4 Å². The molecule has 1 fully saturated rings. The summed E-state index contributed by atoms with van der Waals surface area (Å²) in [6.45, 7) is 4.35. The lowest BCUT2D eigenvalue weighted by molar-refractivity contribution is 0.0314. The van der Waals surface area contributed by atoms with Crippen molar-refractivity contribution in [3.8, 4) is 0 Å². The first kappa shape index (κ1) is 19.5. The van der Waals surface area contributed by atoms with E-state index in [1.54, 1.807) is 17.0 Å². The Morgan fingerprint density at radius 2 is 1.77 bits per heavy atom. The van der Waals surface area contributed by atoms with Gasteiger partial charge >= 0.3 is 0 Å². The van der Waals surface area contributed by atoms with Crippen LogP contribution in [0.4, 0.5) is 0 Å². The minimum absolute atomic E-state index is 0.149. The van der Waals surface area contributed by atoms with Crippen molar-refractivity contribution in [2.24, 2.45) is 0 Å². The lowest BCUT2D eigenvalue weighted by atomic mass is 9.98. The second-order valence-corrected chi connectivity index (χ2v) is 8.50. The fraction of sp³-hybridized carbons (Fsp3) is 0.304. The molecule has 0 unspecified atom stereocenters. The highest BCUT2D eigenvalue weighted by molar-refractivity contribution is 9.10. The van der Waals surface area contributed by atoms with Crippen molar-refractivity contribution >= 4 is 32.8 Å². The molecule has 2 aliphatic rings. The molecule has 1 aromatic heterocycles. The lowest BCUT2D eigenvalue weighted by Gasteiger charge is -2.31. The van der Waals surface area contributed by atoms with Gasteiger partial charge in [0.1, 0.15) is 5.58 Å². The summed E-state index contributed by atoms with van der Waals surface area (Å²) < 4.78 is 12.2. The van der Waals surface area contributed by atoms with E-state index in [0.29, 0.717) is 36.3 Å². The van der Waals surface area contributed by atoms with E-state index in [9.17, 15) is 9.59 Å². The molecule has 7 heteroatoms. The van der Waals surface area contributed by atoms with Gasteiger partial charge in [-0.25, -0.2) is 0 Å². The molecule has 3 heterocycles. The van der Waals surface area contributed by atoms with Crippen LogP contribution in [0.3, 0.4) is 0 Å². The van der Waals surface area contributed by atoms with E-state index in [2.05, 4.69) is 20.8 Å². The Labute approximate surface area is 182 Å². The molecular formula is C23H21BrN2O4. The van der Waals surface area contributed by atoms with E-state index >= 15 is 0 Å². The Morgan fingerprint density at radius 3 is 2.53 bits per heavy atom. The van der Waals surface area contributed by atoms with Gasteiger partial charge in [-0.3, -0.25) is 14.5 Å². The molecule has 0 saturated carbocycles. The minimum Gasteiger partial charge on any atom is -0.450 e. The van der Waals surface area contributed by atoms with Crippen LogP contribution < -0.4 is 5.43 Å². The monoisotopic (exact) mass is 468 g/mol. The third-order valence-electron chi connectivity index (χ3n) is 5.80. The number of morpholine rings is 1. The van der Waals surface area contributed by atoms with Crippen molar-refractivity contribution in [3.05, 3.63) is 80.1 Å². The molecule has 1 atom stereocenters. The van der Waals surface area contributed by atoms with Crippen LogP contribution in [-0.4, -0.2) is 55.1 Å². The molecule has 0 aliphatic carbocycles. The van der Waals surface area contributed by atoms with E-state index in [1.807, 2.05) is 36.4 Å². The van der Waals surface area contributed by atoms with Crippen LogP contribution in [0.1, 0.15) is 27.7 Å². The summed E-state index contributed by atoms with van der Waals surface area (Å²) in [5.41, 5.74) is 1.62. The number of nitrogens with zero attached hydrogens (tertiary/aromatic N) is 2. The quantitative estimate of drug-likeness (QED) is 0.586. The van der Waals surface area contributed by atoms with Crippen LogP contribution in [0.2, 0.25) is 0 Å². The smallest absolute Gasteiger partial charge is 0.290 e. The largest absolute Gasteiger partial charge is 0.450 e. The fourth-order valence-corrected chi connectivity index (χ4v) is 4.64. The van der Waals surface area contributed by atoms with Gasteiger partial charge in [0.25, 0.3) is 5.91 Å². The molecule has 0 radical (unpaired) electrons. The summed E-state index contributed by atoms with van der Waals surface area (Å²) >= 11 is 3.43. The molecule has 0 spiro atoms. The maximum atomic E-state index is 13.5. The number of carbonyl (C=O) groups is 1. The van der Waals surface area contributed by atoms with E-state index in [1.165, 1.54) is 0 Å². The molecule has 0 bridgehead atoms. The molecule has 30 heavy (non-hydrogen) atoms. The van der Waals surface area contributed by atoms with Gasteiger partial charge in [-0.1, -0.05) is 46.3 Å². The van der Waals surface area contributed by atoms with Crippen LogP contribution >= 0.6 is 15.9 Å². The Kier molecular flexibility index (Phi) is 5.18. The first-order valence-corrected chi connectivity index (χ1v) is 10.8. The van der Waals surface area contributed by atoms with Crippen molar-refractivity contribution in [1.82, 2.24) is 9.80 Å². The zero-order valence-corrected chi connectivity index (χ0v) is 17.9. The molecular weight excluding hydrogens is 448 g/mol. The molecule has 6 nitrogen and oxygen atoms in total. The summed E-state index contributed by atoms with van der Waals surface area (Å²) in [5.74, 6) is -0.0697. The number of amides is 1. The van der Waals surface area contributed by atoms with Crippen LogP contribution in [0.25, 0.3) is 11.0 Å². The predicted octanol–water partition coefficient (Wildman–Crippen LogP) is 3.43. The Bertz CT molecular complexity index is 1160. The summed E-state index contributed by atoms with van der Waals surface area (Å²) in [6.07, 6.45) is 0. The van der Waals surface area contributed by atoms with Crippen molar-refractivity contribution in [3.63, 3.8) is 0 Å². The lowest BCUT2D eigenvalue weighted by Crippen LogP contribution is -2.42. The van der Waals surface area contributed by atoms with Crippen LogP contribution in [0.15, 0.2) is 62.2 Å². The summed E-state index contributed by atoms with van der Waals surface area (Å²) in [5, 5.41) is 0.479. The number of hydrogen-bond acceptors (Lipinski definition) is 5. The van der Waals surface area contributed by atoms with E-state index in [4.69, 9.17) is 9.15 Å². The second-order valence-electron chi connectivity index (χ2n) is 7.58. The first-order chi connectivity index (χ1) is 14.6. The van der Waals surface area contributed by atoms with Gasteiger partial charge in [0.2, 0.25) is 5.76 Å². The summed E-state index contributed by atoms with van der Waals surface area (Å²) in [7, 11) is 0. The number of halogens is 1. The third kappa shape index (κ3) is 3.37. The molecule has 2 aliphatic heterocycles. The van der Waals surface area contributed by atoms with Gasteiger partial charge in [0.15, 0.2) is 5.43 Å². The number of hydrogen-bond donors (Lipinski definition) is 0. The Hall–Kier alpha value is -2.48. The average molecular weight is 469 g/mol. The first-order valence-electron chi connectivity index (χ1n) is 10.1. The topological polar surface area (TPSA) is 63.0 Å². The standard InChI is InChI=1S/C23H21BrN2O4/c24-16-6-7-18-17(14-16)21(27)19-20(15-4-2-1-3-5-15)26(23(28)22(19)30-18)9-8-25-10-12-29-13-11-25/h1-7,14,20H,8-13H2/t20-/m0/s1. The fourth-order valence-electron chi connectivity index (χ4n) is 4.28. The highest BCUT2D eigenvalue weighted by atomic mass is 79.9. The van der Waals surface area contributed by atoms with Crippen molar-refractivity contribution < 1.29 is 13.9 Å². The zero-order valence-electron chi connectivity index (χ0n) is 16.3. The van der Waals surface area contributed by atoms with E-state index < -0.39 is 6.04 Å². The van der Waals surface area contributed by atoms with Gasteiger partial charge in [0, 0.05) is 30.7 Å². The van der Waals surface area contributed by atoms with E-state index in [-0.39, 0.29) is 17.1 Å². The SMILES string of the molecule is O=C1c2oc3ccc(Br)cc3c(=O)c2[C@H](c2ccccc2)N1CCN1CCOCC1. The number of carbonyl (C=O) groups excluding carboxylic acids is 1. The van der Waals surface area contributed by atoms with Gasteiger partial charge in [0.05, 0.1) is 30.2 Å². The Morgan fingerprint density at radius 1 is 1.00 bits per heavy atom. The molecule has 1 amide bonds. The normalized spacial score (nSPS) is 19.4. The van der Waals surface area contributed by atoms with Gasteiger partial charge in [-0.05, 0) is 23.8 Å². The third-order valence-corrected chi connectivity index (χ3v) is 6.30. The van der Waals surface area contributed by atoms with Gasteiger partial charge in [-0.15, -0.1) is 0 Å². The van der Waals surface area contributed by atoms with E-state index in [0.717, 1.165) is 29.7 Å². The molecule has 3 aromatic rings. The van der Waals surface area contributed by atoms with Crippen LogP contribution in [0.5, 0.6) is 0 Å². The summed E-state index contributed by atoms with van der Waals surface area (Å²) in [4.78, 5) is 30.9. The number of benzene rings is 2. The predicted molar refractivity (Wildman–Crippen MR) is 117 cm³/mol. The Balaban J connectivity index is 1.60. The van der Waals surface area contributed by atoms with Crippen molar-refractivity contribution in [2.45, 2.75) is 6.04 Å². The van der Waals surface area contributed by atoms with Crippen LogP contribution in [-0.2, 0) is 4.74 Å².